The average molecular weight is 605 g/mol. The summed E-state index contributed by atoms with van der Waals surface area (Å²) in [5, 5.41) is 35.1. The summed E-state index contributed by atoms with van der Waals surface area (Å²) < 4.78 is 7.59. The molecule has 5 heteroatoms. The van der Waals surface area contributed by atoms with Crippen LogP contribution in [0.5, 0.6) is 0 Å². The zero-order valence-corrected chi connectivity index (χ0v) is 28.4. The second-order valence-electron chi connectivity index (χ2n) is 16.7. The van der Waals surface area contributed by atoms with Crippen molar-refractivity contribution in [2.75, 3.05) is 0 Å². The number of hydrogen-bond acceptors (Lipinski definition) is 4. The Balaban J connectivity index is 1.29. The molecule has 0 amide bonds. The minimum Gasteiger partial charge on any atom is -0.413 e. The van der Waals surface area contributed by atoms with Gasteiger partial charge in [0.05, 0.1) is 17.8 Å². The zero-order valence-electron chi connectivity index (χ0n) is 27.4. The van der Waals surface area contributed by atoms with Crippen LogP contribution in [0.25, 0.3) is 0 Å². The first kappa shape index (κ1) is 31.5. The standard InChI is InChI=1S/C38H56O4Si/c1-35(2,3)43(24-26-13-9-7-10-14-26,25-27-15-11-8-12-16-27)42-28-17-20-36(4)29-18-21-37(5)30(19-22-38(37,6)41)32(29)34(40)33(39)31(36)23-28/h7-16,28-34,39-41H,17-25H2,1-6H3/t28-,29-,30-,31+,32+,33+,34+,36+,37-,38-/m0/s1. The molecule has 2 aromatic carbocycles. The molecule has 0 heterocycles. The van der Waals surface area contributed by atoms with Gasteiger partial charge in [0.1, 0.15) is 0 Å². The van der Waals surface area contributed by atoms with Crippen molar-refractivity contribution in [3.05, 3.63) is 71.8 Å². The fourth-order valence-electron chi connectivity index (χ4n) is 10.6. The normalized spacial score (nSPS) is 41.3. The van der Waals surface area contributed by atoms with Gasteiger partial charge in [-0.15, -0.1) is 0 Å². The molecular weight excluding hydrogens is 549 g/mol. The van der Waals surface area contributed by atoms with Crippen molar-refractivity contribution in [3.63, 3.8) is 0 Å². The van der Waals surface area contributed by atoms with Crippen molar-refractivity contribution < 1.29 is 19.7 Å². The molecule has 3 N–H and O–H groups in total. The van der Waals surface area contributed by atoms with Gasteiger partial charge in [0.2, 0.25) is 8.32 Å². The van der Waals surface area contributed by atoms with Crippen molar-refractivity contribution in [1.29, 1.82) is 0 Å². The highest BCUT2D eigenvalue weighted by Gasteiger charge is 2.67. The van der Waals surface area contributed by atoms with E-state index in [0.717, 1.165) is 57.0 Å². The van der Waals surface area contributed by atoms with Crippen LogP contribution in [0.4, 0.5) is 0 Å². The first-order valence-electron chi connectivity index (χ1n) is 17.1. The molecule has 0 bridgehead atoms. The minimum absolute atomic E-state index is 0.00245. The number of fused-ring (bicyclic) bond motifs is 5. The molecule has 4 saturated carbocycles. The second-order valence-corrected chi connectivity index (χ2v) is 21.2. The molecule has 10 atom stereocenters. The quantitative estimate of drug-likeness (QED) is 0.300. The predicted molar refractivity (Wildman–Crippen MR) is 176 cm³/mol. The lowest BCUT2D eigenvalue weighted by Gasteiger charge is -2.64. The van der Waals surface area contributed by atoms with E-state index in [1.807, 2.05) is 6.92 Å². The van der Waals surface area contributed by atoms with Gasteiger partial charge in [0.15, 0.2) is 0 Å². The van der Waals surface area contributed by atoms with Gasteiger partial charge in [-0.1, -0.05) is 95.3 Å². The van der Waals surface area contributed by atoms with Crippen LogP contribution in [0.2, 0.25) is 5.04 Å². The molecule has 2 aromatic rings. The van der Waals surface area contributed by atoms with Crippen LogP contribution in [0.1, 0.15) is 97.6 Å². The average Bonchev–Trinajstić information content (AvgIpc) is 3.21. The zero-order chi connectivity index (χ0) is 30.8. The number of aliphatic hydroxyl groups is 3. The lowest BCUT2D eigenvalue weighted by molar-refractivity contribution is -0.230. The third-order valence-corrected chi connectivity index (χ3v) is 19.2. The van der Waals surface area contributed by atoms with Crippen molar-refractivity contribution in [2.24, 2.45) is 34.5 Å². The van der Waals surface area contributed by atoms with Crippen LogP contribution in [0.3, 0.4) is 0 Å². The van der Waals surface area contributed by atoms with Gasteiger partial charge in [-0.2, -0.15) is 0 Å². The molecule has 0 unspecified atom stereocenters. The smallest absolute Gasteiger partial charge is 0.207 e. The highest BCUT2D eigenvalue weighted by Crippen LogP contribution is 2.68. The highest BCUT2D eigenvalue weighted by atomic mass is 28.4. The lowest BCUT2D eigenvalue weighted by atomic mass is 9.43. The van der Waals surface area contributed by atoms with E-state index in [1.54, 1.807) is 0 Å². The van der Waals surface area contributed by atoms with Gasteiger partial charge in [-0.25, -0.2) is 0 Å². The number of aliphatic hydroxyl groups excluding tert-OH is 2. The van der Waals surface area contributed by atoms with E-state index < -0.39 is 26.1 Å². The van der Waals surface area contributed by atoms with E-state index >= 15 is 0 Å². The largest absolute Gasteiger partial charge is 0.413 e. The second kappa shape index (κ2) is 11.1. The molecule has 43 heavy (non-hydrogen) atoms. The van der Waals surface area contributed by atoms with Crippen LogP contribution in [-0.2, 0) is 16.5 Å². The topological polar surface area (TPSA) is 69.9 Å². The summed E-state index contributed by atoms with van der Waals surface area (Å²) >= 11 is 0. The Hall–Kier alpha value is -1.50. The summed E-state index contributed by atoms with van der Waals surface area (Å²) in [6, 6.07) is 23.7. The Morgan fingerprint density at radius 3 is 1.86 bits per heavy atom. The molecule has 0 radical (unpaired) electrons. The predicted octanol–water partition coefficient (Wildman–Crippen LogP) is 7.42. The van der Waals surface area contributed by atoms with Crippen molar-refractivity contribution in [3.8, 4) is 0 Å². The third kappa shape index (κ3) is 5.19. The summed E-state index contributed by atoms with van der Waals surface area (Å²) in [6.45, 7) is 13.8. The van der Waals surface area contributed by atoms with Gasteiger partial charge in [0, 0.05) is 6.10 Å². The number of rotatable bonds is 6. The molecule has 4 nitrogen and oxygen atoms in total. The number of benzene rings is 2. The van der Waals surface area contributed by atoms with Crippen LogP contribution >= 0.6 is 0 Å². The van der Waals surface area contributed by atoms with Crippen molar-refractivity contribution in [1.82, 2.24) is 0 Å². The first-order chi connectivity index (χ1) is 20.2. The first-order valence-corrected chi connectivity index (χ1v) is 19.4. The van der Waals surface area contributed by atoms with E-state index in [-0.39, 0.29) is 39.7 Å². The lowest BCUT2D eigenvalue weighted by Crippen LogP contribution is -2.65. The SMILES string of the molecule is CC(C)(C)[Si](Cc1ccccc1)(Cc1ccccc1)O[C@H]1CC[C@@]2(C)[C@H](C1)[C@@H](O)[C@H](O)[C@@H]1[C@@H]2CC[C@@]2(C)[C@H]1CC[C@]2(C)O. The van der Waals surface area contributed by atoms with E-state index in [2.05, 4.69) is 95.3 Å². The minimum atomic E-state index is -2.44. The molecular formula is C38H56O4Si. The molecule has 6 rings (SSSR count). The fraction of sp³-hybridized carbons (Fsp3) is 0.684. The Bertz CT molecular complexity index is 1220. The van der Waals surface area contributed by atoms with E-state index in [0.29, 0.717) is 5.92 Å². The fourth-order valence-corrected chi connectivity index (χ4v) is 14.9. The van der Waals surface area contributed by atoms with Gasteiger partial charge in [0.25, 0.3) is 0 Å². The third-order valence-electron chi connectivity index (χ3n) is 13.7. The van der Waals surface area contributed by atoms with Crippen molar-refractivity contribution >= 4 is 8.32 Å². The number of hydrogen-bond donors (Lipinski definition) is 3. The Morgan fingerprint density at radius 1 is 0.744 bits per heavy atom. The summed E-state index contributed by atoms with van der Waals surface area (Å²) in [7, 11) is -2.44. The van der Waals surface area contributed by atoms with Gasteiger partial charge >= 0.3 is 0 Å². The van der Waals surface area contributed by atoms with Crippen LogP contribution < -0.4 is 0 Å². The van der Waals surface area contributed by atoms with Crippen LogP contribution in [-0.4, -0.2) is 47.5 Å². The maximum absolute atomic E-state index is 11.9. The molecule has 4 aliphatic rings. The maximum Gasteiger partial charge on any atom is 0.207 e. The Labute approximate surface area is 261 Å². The highest BCUT2D eigenvalue weighted by molar-refractivity contribution is 6.75. The van der Waals surface area contributed by atoms with Crippen LogP contribution in [0, 0.1) is 34.5 Å². The molecule has 0 aromatic heterocycles. The summed E-state index contributed by atoms with van der Waals surface area (Å²) in [6.07, 6.45) is 5.20. The molecule has 0 aliphatic heterocycles. The summed E-state index contributed by atoms with van der Waals surface area (Å²) in [4.78, 5) is 0. The van der Waals surface area contributed by atoms with Gasteiger partial charge < -0.3 is 19.7 Å². The van der Waals surface area contributed by atoms with E-state index in [1.165, 1.54) is 11.1 Å². The molecule has 0 saturated heterocycles. The summed E-state index contributed by atoms with van der Waals surface area (Å²) in [5.74, 6) is 0.715. The van der Waals surface area contributed by atoms with Crippen LogP contribution in [0.15, 0.2) is 60.7 Å². The molecule has 236 valence electrons. The Morgan fingerprint density at radius 2 is 1.30 bits per heavy atom. The summed E-state index contributed by atoms with van der Waals surface area (Å²) in [5.41, 5.74) is 1.77. The maximum atomic E-state index is 11.9. The van der Waals surface area contributed by atoms with Gasteiger partial charge in [-0.05, 0) is 115 Å². The Kier molecular flexibility index (Phi) is 8.11. The van der Waals surface area contributed by atoms with E-state index in [9.17, 15) is 15.3 Å². The van der Waals surface area contributed by atoms with E-state index in [4.69, 9.17) is 4.43 Å². The molecule has 4 aliphatic carbocycles. The molecule has 0 spiro atoms. The van der Waals surface area contributed by atoms with Gasteiger partial charge in [-0.3, -0.25) is 0 Å². The van der Waals surface area contributed by atoms with Crippen molar-refractivity contribution in [2.45, 2.75) is 128 Å². The monoisotopic (exact) mass is 604 g/mol. The molecule has 4 fully saturated rings.